The number of ether oxygens (including phenoxy) is 2. The van der Waals surface area contributed by atoms with Crippen molar-refractivity contribution in [2.75, 3.05) is 26.5 Å². The summed E-state index contributed by atoms with van der Waals surface area (Å²) in [6, 6.07) is 1.58. The lowest BCUT2D eigenvalue weighted by Crippen LogP contribution is -2.09. The predicted molar refractivity (Wildman–Crippen MR) is 47.1 cm³/mol. The predicted octanol–water partition coefficient (Wildman–Crippen LogP) is 0.986. The van der Waals surface area contributed by atoms with Gasteiger partial charge in [0.15, 0.2) is 0 Å². The molecule has 0 aliphatic rings. The molecule has 0 aliphatic carbocycles. The van der Waals surface area contributed by atoms with Gasteiger partial charge in [-0.15, -0.1) is 0 Å². The van der Waals surface area contributed by atoms with Crippen LogP contribution in [0.3, 0.4) is 0 Å². The van der Waals surface area contributed by atoms with E-state index in [1.54, 1.807) is 6.07 Å². The Labute approximate surface area is 81.9 Å². The molecule has 0 aliphatic heterocycles. The van der Waals surface area contributed by atoms with Gasteiger partial charge < -0.3 is 9.47 Å². The second kappa shape index (κ2) is 8.20. The number of esters is 1. The maximum atomic E-state index is 11.5. The van der Waals surface area contributed by atoms with Crippen molar-refractivity contribution in [3.8, 4) is 6.07 Å². The fourth-order valence-corrected chi connectivity index (χ4v) is 0.615. The van der Waals surface area contributed by atoms with E-state index >= 15 is 0 Å². The van der Waals surface area contributed by atoms with Gasteiger partial charge in [0.25, 0.3) is 0 Å². The second-order valence-corrected chi connectivity index (χ2v) is 2.38. The lowest BCUT2D eigenvalue weighted by molar-refractivity contribution is -0.138. The number of halogens is 1. The summed E-state index contributed by atoms with van der Waals surface area (Å²) in [6.07, 6.45) is 0.477. The van der Waals surface area contributed by atoms with E-state index in [1.165, 1.54) is 0 Å². The zero-order chi connectivity index (χ0) is 10.8. The normalized spacial score (nSPS) is 9.14. The Morgan fingerprint density at radius 2 is 2.14 bits per heavy atom. The van der Waals surface area contributed by atoms with Gasteiger partial charge in [0.1, 0.15) is 18.3 Å². The van der Waals surface area contributed by atoms with Crippen molar-refractivity contribution < 1.29 is 18.7 Å². The molecule has 0 aromatic carbocycles. The fourth-order valence-electron chi connectivity index (χ4n) is 0.615. The summed E-state index contributed by atoms with van der Waals surface area (Å²) < 4.78 is 21.0. The Morgan fingerprint density at radius 3 is 2.71 bits per heavy atom. The molecular weight excluding hydrogens is 189 g/mol. The lowest BCUT2D eigenvalue weighted by Gasteiger charge is -2.03. The van der Waals surface area contributed by atoms with Gasteiger partial charge in [-0.25, -0.2) is 9.18 Å². The van der Waals surface area contributed by atoms with Gasteiger partial charge in [-0.2, -0.15) is 5.26 Å². The van der Waals surface area contributed by atoms with E-state index in [0.717, 1.165) is 0 Å². The highest BCUT2D eigenvalue weighted by atomic mass is 19.1. The van der Waals surface area contributed by atoms with Crippen LogP contribution in [0.1, 0.15) is 6.42 Å². The number of carbonyl (C=O) groups is 1. The van der Waals surface area contributed by atoms with Crippen LogP contribution >= 0.6 is 0 Å². The molecule has 0 unspecified atom stereocenters. The molecule has 0 fully saturated rings. The summed E-state index contributed by atoms with van der Waals surface area (Å²) in [5, 5.41) is 8.26. The molecule has 14 heavy (non-hydrogen) atoms. The van der Waals surface area contributed by atoms with Gasteiger partial charge in [0.2, 0.25) is 0 Å². The molecule has 0 saturated carbocycles. The summed E-state index contributed by atoms with van der Waals surface area (Å²) in [7, 11) is 0. The number of alkyl halides is 1. The van der Waals surface area contributed by atoms with Crippen molar-refractivity contribution in [1.82, 2.24) is 0 Å². The van der Waals surface area contributed by atoms with E-state index in [0.29, 0.717) is 13.0 Å². The highest BCUT2D eigenvalue weighted by Crippen LogP contribution is 1.93. The number of carbonyl (C=O) groups excluding carboxylic acids is 1. The molecular formula is C9H12FNO3. The molecule has 0 aromatic rings. The van der Waals surface area contributed by atoms with Crippen molar-refractivity contribution in [2.45, 2.75) is 6.42 Å². The highest BCUT2D eigenvalue weighted by Gasteiger charge is 2.05. The molecule has 0 N–H and O–H groups in total. The lowest BCUT2D eigenvalue weighted by atomic mass is 10.3. The second-order valence-electron chi connectivity index (χ2n) is 2.38. The number of hydrogen-bond acceptors (Lipinski definition) is 4. The first-order valence-corrected chi connectivity index (χ1v) is 4.12. The van der Waals surface area contributed by atoms with Gasteiger partial charge in [-0.1, -0.05) is 6.58 Å². The third kappa shape index (κ3) is 6.14. The van der Waals surface area contributed by atoms with E-state index in [9.17, 15) is 9.18 Å². The van der Waals surface area contributed by atoms with E-state index in [-0.39, 0.29) is 18.8 Å². The molecule has 0 spiro atoms. The smallest absolute Gasteiger partial charge is 0.348 e. The molecule has 0 atom stereocenters. The Hall–Kier alpha value is -1.41. The van der Waals surface area contributed by atoms with Crippen LogP contribution in [0.2, 0.25) is 0 Å². The highest BCUT2D eigenvalue weighted by molar-refractivity contribution is 5.91. The van der Waals surface area contributed by atoms with Crippen LogP contribution in [0.5, 0.6) is 0 Å². The van der Waals surface area contributed by atoms with E-state index in [2.05, 4.69) is 11.3 Å². The van der Waals surface area contributed by atoms with E-state index in [4.69, 9.17) is 10.00 Å². The fraction of sp³-hybridized carbons (Fsp3) is 0.556. The molecule has 5 heteroatoms. The zero-order valence-electron chi connectivity index (χ0n) is 7.79. The number of rotatable bonds is 7. The van der Waals surface area contributed by atoms with Crippen molar-refractivity contribution in [2.24, 2.45) is 0 Å². The molecule has 0 rings (SSSR count). The van der Waals surface area contributed by atoms with Gasteiger partial charge in [-0.3, -0.25) is 0 Å². The largest absolute Gasteiger partial charge is 0.461 e. The van der Waals surface area contributed by atoms with E-state index in [1.807, 2.05) is 0 Å². The first kappa shape index (κ1) is 12.6. The van der Waals surface area contributed by atoms with Crippen molar-refractivity contribution >= 4 is 5.97 Å². The van der Waals surface area contributed by atoms with Crippen LogP contribution < -0.4 is 0 Å². The minimum atomic E-state index is -0.724. The van der Waals surface area contributed by atoms with Crippen LogP contribution in [0.25, 0.3) is 0 Å². The summed E-state index contributed by atoms with van der Waals surface area (Å²) in [4.78, 5) is 10.8. The molecule has 0 aromatic heterocycles. The molecule has 0 heterocycles. The van der Waals surface area contributed by atoms with Gasteiger partial charge in [0.05, 0.1) is 13.2 Å². The van der Waals surface area contributed by atoms with Crippen molar-refractivity contribution in [3.63, 3.8) is 0 Å². The van der Waals surface area contributed by atoms with Crippen molar-refractivity contribution in [3.05, 3.63) is 12.2 Å². The number of nitriles is 1. The van der Waals surface area contributed by atoms with Gasteiger partial charge >= 0.3 is 5.97 Å². The minimum Gasteiger partial charge on any atom is -0.461 e. The van der Waals surface area contributed by atoms with Crippen LogP contribution in [-0.2, 0) is 14.3 Å². The van der Waals surface area contributed by atoms with Crippen LogP contribution in [0.4, 0.5) is 4.39 Å². The molecule has 78 valence electrons. The Kier molecular flexibility index (Phi) is 7.37. The average Bonchev–Trinajstić information content (AvgIpc) is 2.21. The molecule has 0 radical (unpaired) electrons. The Bertz CT molecular complexity index is 235. The minimum absolute atomic E-state index is 0.0544. The number of hydrogen-bond donors (Lipinski definition) is 0. The van der Waals surface area contributed by atoms with Gasteiger partial charge in [-0.05, 0) is 0 Å². The number of nitrogens with zero attached hydrogens (tertiary/aromatic N) is 1. The molecule has 4 nitrogen and oxygen atoms in total. The van der Waals surface area contributed by atoms with Crippen LogP contribution in [0, 0.1) is 11.3 Å². The summed E-state index contributed by atoms with van der Waals surface area (Å²) in [5.74, 6) is -0.724. The average molecular weight is 201 g/mol. The maximum absolute atomic E-state index is 11.5. The standard InChI is InChI=1S/C9H12FNO3/c1-8(7-11)9(12)14-5-2-4-13-6-3-10/h1-6H2. The quantitative estimate of drug-likeness (QED) is 0.267. The van der Waals surface area contributed by atoms with Crippen molar-refractivity contribution in [1.29, 1.82) is 5.26 Å². The first-order chi connectivity index (χ1) is 6.72. The third-order valence-corrected chi connectivity index (χ3v) is 1.27. The Balaban J connectivity index is 3.33. The third-order valence-electron chi connectivity index (χ3n) is 1.27. The summed E-state index contributed by atoms with van der Waals surface area (Å²) in [6.45, 7) is 3.19. The van der Waals surface area contributed by atoms with E-state index < -0.39 is 12.6 Å². The SMILES string of the molecule is C=C(C#N)C(=O)OCCCOCCF. The summed E-state index contributed by atoms with van der Waals surface area (Å²) >= 11 is 0. The molecule has 0 saturated heterocycles. The Morgan fingerprint density at radius 1 is 1.43 bits per heavy atom. The van der Waals surface area contributed by atoms with Gasteiger partial charge in [0, 0.05) is 13.0 Å². The van der Waals surface area contributed by atoms with Crippen LogP contribution in [0.15, 0.2) is 12.2 Å². The summed E-state index contributed by atoms with van der Waals surface area (Å²) in [5.41, 5.74) is -0.227. The molecule has 0 amide bonds. The maximum Gasteiger partial charge on any atom is 0.348 e. The first-order valence-electron chi connectivity index (χ1n) is 4.12. The van der Waals surface area contributed by atoms with Crippen LogP contribution in [-0.4, -0.2) is 32.5 Å². The zero-order valence-corrected chi connectivity index (χ0v) is 7.79. The monoisotopic (exact) mass is 201 g/mol. The topological polar surface area (TPSA) is 59.3 Å². The molecule has 0 bridgehead atoms.